The molecule has 1 saturated heterocycles. The molecule has 1 aromatic rings. The lowest BCUT2D eigenvalue weighted by Crippen LogP contribution is -2.40. The summed E-state index contributed by atoms with van der Waals surface area (Å²) in [4.78, 5) is 2.55. The third kappa shape index (κ3) is 3.57. The van der Waals surface area contributed by atoms with Gasteiger partial charge >= 0.3 is 0 Å². The standard InChI is InChI=1S/C21H33NO/c1-20(2,3)22-11-10-17-13-16(8-9-19(17)22)14-21(4,5)18-7-6-12-23-15-18/h8-9,13,18H,6-7,10-12,14-15H2,1-5H3. The highest BCUT2D eigenvalue weighted by atomic mass is 16.5. The number of anilines is 1. The van der Waals surface area contributed by atoms with E-state index >= 15 is 0 Å². The topological polar surface area (TPSA) is 12.5 Å². The lowest BCUT2D eigenvalue weighted by Gasteiger charge is -2.37. The van der Waals surface area contributed by atoms with Crippen LogP contribution in [0.4, 0.5) is 5.69 Å². The van der Waals surface area contributed by atoms with Crippen molar-refractivity contribution >= 4 is 5.69 Å². The lowest BCUT2D eigenvalue weighted by molar-refractivity contribution is 0.00397. The van der Waals surface area contributed by atoms with Gasteiger partial charge in [-0.25, -0.2) is 0 Å². The molecule has 0 bridgehead atoms. The van der Waals surface area contributed by atoms with E-state index < -0.39 is 0 Å². The van der Waals surface area contributed by atoms with Gasteiger partial charge in [0.2, 0.25) is 0 Å². The van der Waals surface area contributed by atoms with Crippen molar-refractivity contribution in [1.82, 2.24) is 0 Å². The minimum Gasteiger partial charge on any atom is -0.381 e. The summed E-state index contributed by atoms with van der Waals surface area (Å²) in [5.41, 5.74) is 5.01. The molecule has 0 saturated carbocycles. The Morgan fingerprint density at radius 2 is 1.96 bits per heavy atom. The van der Waals surface area contributed by atoms with Gasteiger partial charge in [-0.15, -0.1) is 0 Å². The Morgan fingerprint density at radius 3 is 2.61 bits per heavy atom. The van der Waals surface area contributed by atoms with Crippen molar-refractivity contribution in [1.29, 1.82) is 0 Å². The van der Waals surface area contributed by atoms with Gasteiger partial charge in [0.1, 0.15) is 0 Å². The summed E-state index contributed by atoms with van der Waals surface area (Å²) in [6, 6.07) is 7.18. The van der Waals surface area contributed by atoms with Crippen LogP contribution >= 0.6 is 0 Å². The van der Waals surface area contributed by atoms with E-state index in [9.17, 15) is 0 Å². The molecule has 0 amide bonds. The molecular weight excluding hydrogens is 282 g/mol. The molecule has 0 N–H and O–H groups in total. The van der Waals surface area contributed by atoms with E-state index in [1.165, 1.54) is 36.1 Å². The fourth-order valence-corrected chi connectivity index (χ4v) is 4.29. The van der Waals surface area contributed by atoms with Crippen LogP contribution in [-0.2, 0) is 17.6 Å². The third-order valence-corrected chi connectivity index (χ3v) is 5.77. The minimum absolute atomic E-state index is 0.214. The van der Waals surface area contributed by atoms with Crippen LogP contribution in [0.5, 0.6) is 0 Å². The number of nitrogens with zero attached hydrogens (tertiary/aromatic N) is 1. The van der Waals surface area contributed by atoms with Crippen molar-refractivity contribution in [2.45, 2.75) is 65.8 Å². The van der Waals surface area contributed by atoms with Crippen molar-refractivity contribution in [2.24, 2.45) is 11.3 Å². The van der Waals surface area contributed by atoms with Crippen molar-refractivity contribution in [3.63, 3.8) is 0 Å². The second-order valence-electron chi connectivity index (χ2n) is 9.11. The van der Waals surface area contributed by atoms with E-state index in [0.717, 1.165) is 26.2 Å². The number of hydrogen-bond donors (Lipinski definition) is 0. The summed E-state index contributed by atoms with van der Waals surface area (Å²) in [6.45, 7) is 14.8. The Hall–Kier alpha value is -1.02. The maximum atomic E-state index is 5.72. The minimum atomic E-state index is 0.214. The monoisotopic (exact) mass is 315 g/mol. The van der Waals surface area contributed by atoms with Crippen LogP contribution in [0.3, 0.4) is 0 Å². The molecule has 1 atom stereocenters. The normalized spacial score (nSPS) is 22.3. The van der Waals surface area contributed by atoms with Crippen molar-refractivity contribution in [3.05, 3.63) is 29.3 Å². The fourth-order valence-electron chi connectivity index (χ4n) is 4.29. The van der Waals surface area contributed by atoms with E-state index in [1.54, 1.807) is 0 Å². The van der Waals surface area contributed by atoms with E-state index in [1.807, 2.05) is 0 Å². The van der Waals surface area contributed by atoms with Gasteiger partial charge in [-0.3, -0.25) is 0 Å². The van der Waals surface area contributed by atoms with Crippen LogP contribution in [0.2, 0.25) is 0 Å². The molecule has 3 rings (SSSR count). The quantitative estimate of drug-likeness (QED) is 0.791. The van der Waals surface area contributed by atoms with E-state index in [4.69, 9.17) is 4.74 Å². The van der Waals surface area contributed by atoms with Gasteiger partial charge in [-0.2, -0.15) is 0 Å². The maximum absolute atomic E-state index is 5.72. The number of rotatable bonds is 3. The molecule has 2 aliphatic heterocycles. The molecular formula is C21H33NO. The lowest BCUT2D eigenvalue weighted by atomic mass is 9.72. The zero-order valence-electron chi connectivity index (χ0n) is 15.6. The first kappa shape index (κ1) is 16.8. The maximum Gasteiger partial charge on any atom is 0.0499 e. The summed E-state index contributed by atoms with van der Waals surface area (Å²) in [6.07, 6.45) is 4.88. The summed E-state index contributed by atoms with van der Waals surface area (Å²) in [7, 11) is 0. The molecule has 2 heteroatoms. The zero-order valence-corrected chi connectivity index (χ0v) is 15.6. The molecule has 2 nitrogen and oxygen atoms in total. The third-order valence-electron chi connectivity index (χ3n) is 5.77. The number of ether oxygens (including phenoxy) is 1. The van der Waals surface area contributed by atoms with Gasteiger partial charge in [0.05, 0.1) is 0 Å². The predicted molar refractivity (Wildman–Crippen MR) is 98.3 cm³/mol. The van der Waals surface area contributed by atoms with Crippen molar-refractivity contribution in [2.75, 3.05) is 24.7 Å². The zero-order chi connectivity index (χ0) is 16.7. The highest BCUT2D eigenvalue weighted by Gasteiger charge is 2.32. The van der Waals surface area contributed by atoms with Gasteiger partial charge < -0.3 is 9.64 Å². The van der Waals surface area contributed by atoms with Gasteiger partial charge in [0.25, 0.3) is 0 Å². The molecule has 2 heterocycles. The predicted octanol–water partition coefficient (Wildman–Crippen LogP) is 4.84. The molecule has 0 aromatic heterocycles. The Balaban J connectivity index is 1.75. The summed E-state index contributed by atoms with van der Waals surface area (Å²) >= 11 is 0. The Kier molecular flexibility index (Phi) is 4.48. The van der Waals surface area contributed by atoms with E-state index in [2.05, 4.69) is 57.7 Å². The molecule has 0 aliphatic carbocycles. The molecule has 128 valence electrons. The highest BCUT2D eigenvalue weighted by Crippen LogP contribution is 2.39. The molecule has 1 aromatic carbocycles. The second kappa shape index (κ2) is 6.12. The van der Waals surface area contributed by atoms with Gasteiger partial charge in [0, 0.05) is 31.0 Å². The fraction of sp³-hybridized carbons (Fsp3) is 0.714. The molecule has 1 fully saturated rings. The second-order valence-corrected chi connectivity index (χ2v) is 9.11. The highest BCUT2D eigenvalue weighted by molar-refractivity contribution is 5.60. The van der Waals surface area contributed by atoms with Crippen molar-refractivity contribution in [3.8, 4) is 0 Å². The SMILES string of the molecule is CC(C)(Cc1ccc2c(c1)CCN2C(C)(C)C)C1CCCOC1. The van der Waals surface area contributed by atoms with Crippen LogP contribution in [0.15, 0.2) is 18.2 Å². The molecule has 0 spiro atoms. The smallest absolute Gasteiger partial charge is 0.0499 e. The molecule has 2 aliphatic rings. The van der Waals surface area contributed by atoms with Gasteiger partial charge in [-0.05, 0) is 75.0 Å². The van der Waals surface area contributed by atoms with E-state index in [-0.39, 0.29) is 5.54 Å². The first-order chi connectivity index (χ1) is 10.8. The van der Waals surface area contributed by atoms with Crippen molar-refractivity contribution < 1.29 is 4.74 Å². The van der Waals surface area contributed by atoms with Crippen LogP contribution in [0.25, 0.3) is 0 Å². The average molecular weight is 316 g/mol. The van der Waals surface area contributed by atoms with E-state index in [0.29, 0.717) is 11.3 Å². The first-order valence-electron chi connectivity index (χ1n) is 9.24. The van der Waals surface area contributed by atoms with Gasteiger partial charge in [-0.1, -0.05) is 26.0 Å². The summed E-state index contributed by atoms with van der Waals surface area (Å²) < 4.78 is 5.72. The summed E-state index contributed by atoms with van der Waals surface area (Å²) in [5.74, 6) is 0.690. The average Bonchev–Trinajstić information content (AvgIpc) is 2.91. The Bertz CT molecular complexity index is 549. The van der Waals surface area contributed by atoms with Crippen LogP contribution < -0.4 is 4.90 Å². The van der Waals surface area contributed by atoms with Gasteiger partial charge in [0.15, 0.2) is 0 Å². The largest absolute Gasteiger partial charge is 0.381 e. The Morgan fingerprint density at radius 1 is 1.17 bits per heavy atom. The molecule has 1 unspecified atom stereocenters. The molecule has 23 heavy (non-hydrogen) atoms. The first-order valence-corrected chi connectivity index (χ1v) is 9.24. The van der Waals surface area contributed by atoms with Crippen LogP contribution in [0.1, 0.15) is 58.6 Å². The van der Waals surface area contributed by atoms with Crippen LogP contribution in [-0.4, -0.2) is 25.3 Å². The number of fused-ring (bicyclic) bond motifs is 1. The number of hydrogen-bond acceptors (Lipinski definition) is 2. The Labute approximate surface area is 142 Å². The molecule has 0 radical (unpaired) electrons. The van der Waals surface area contributed by atoms with Crippen LogP contribution in [0, 0.1) is 11.3 Å². The summed E-state index contributed by atoms with van der Waals surface area (Å²) in [5, 5.41) is 0. The number of benzene rings is 1.